The molecule has 4 N–H and O–H groups in total. The number of rotatable bonds is 6. The van der Waals surface area contributed by atoms with Crippen LogP contribution in [0.3, 0.4) is 0 Å². The summed E-state index contributed by atoms with van der Waals surface area (Å²) in [5.41, 5.74) is 1.50. The van der Waals surface area contributed by atoms with Gasteiger partial charge >= 0.3 is 13.1 Å². The molecule has 0 spiro atoms. The first-order chi connectivity index (χ1) is 12.0. The number of anilines is 1. The summed E-state index contributed by atoms with van der Waals surface area (Å²) in [5.74, 6) is -0.862. The molecule has 27 heavy (non-hydrogen) atoms. The van der Waals surface area contributed by atoms with Crippen LogP contribution >= 0.6 is 0 Å². The Balaban J connectivity index is 3.42. The van der Waals surface area contributed by atoms with Gasteiger partial charge in [0.1, 0.15) is 5.60 Å². The van der Waals surface area contributed by atoms with Crippen LogP contribution < -0.4 is 11.2 Å². The van der Waals surface area contributed by atoms with Gasteiger partial charge < -0.3 is 25.3 Å². The number of aliphatic hydroxyl groups is 1. The van der Waals surface area contributed by atoms with Gasteiger partial charge in [0.2, 0.25) is 0 Å². The van der Waals surface area contributed by atoms with E-state index in [9.17, 15) is 25.0 Å². The molecule has 0 radical (unpaired) electrons. The number of nitrogen functional groups attached to an aromatic ring is 1. The predicted molar refractivity (Wildman–Crippen MR) is 102 cm³/mol. The minimum Gasteiger partial charge on any atom is -0.456 e. The summed E-state index contributed by atoms with van der Waals surface area (Å²) >= 11 is 0. The van der Waals surface area contributed by atoms with E-state index in [0.29, 0.717) is 0 Å². The molecule has 0 heterocycles. The minimum absolute atomic E-state index is 0.164. The molecule has 0 aliphatic rings. The predicted octanol–water partition coefficient (Wildman–Crippen LogP) is 1.39. The molecule has 0 bridgehead atoms. The van der Waals surface area contributed by atoms with E-state index in [2.05, 4.69) is 0 Å². The zero-order chi connectivity index (χ0) is 21.4. The number of carbonyl (C=O) groups excluding carboxylic acids is 1. The van der Waals surface area contributed by atoms with Gasteiger partial charge in [-0.1, -0.05) is 0 Å². The first-order valence-corrected chi connectivity index (χ1v) is 8.35. The Kier molecular flexibility index (Phi) is 6.31. The van der Waals surface area contributed by atoms with Crippen molar-refractivity contribution in [2.45, 2.75) is 65.3 Å². The molecule has 0 unspecified atom stereocenters. The van der Waals surface area contributed by atoms with Gasteiger partial charge in [0.15, 0.2) is 0 Å². The number of hydrogen-bond donors (Lipinski definition) is 3. The lowest BCUT2D eigenvalue weighted by Crippen LogP contribution is -2.53. The minimum atomic E-state index is -1.72. The fourth-order valence-corrected chi connectivity index (χ4v) is 1.96. The summed E-state index contributed by atoms with van der Waals surface area (Å²) in [6, 6.07) is 2.01. The summed E-state index contributed by atoms with van der Waals surface area (Å²) in [7, 11) is -1.72. The third-order valence-electron chi connectivity index (χ3n) is 4.17. The van der Waals surface area contributed by atoms with E-state index < -0.39 is 40.5 Å². The fraction of sp³-hybridized carbons (Fsp3) is 0.588. The molecule has 1 aromatic rings. The number of esters is 1. The van der Waals surface area contributed by atoms with Crippen molar-refractivity contribution in [3.63, 3.8) is 0 Å². The molecule has 0 aliphatic carbocycles. The lowest BCUT2D eigenvalue weighted by atomic mass is 9.74. The quantitative estimate of drug-likeness (QED) is 0.220. The molecule has 1 rings (SSSR count). The lowest BCUT2D eigenvalue weighted by molar-refractivity contribution is -0.384. The highest BCUT2D eigenvalue weighted by Crippen LogP contribution is 2.27. The van der Waals surface area contributed by atoms with Gasteiger partial charge in [0.05, 0.1) is 21.7 Å². The van der Waals surface area contributed by atoms with E-state index in [4.69, 9.17) is 15.1 Å². The van der Waals surface area contributed by atoms with Gasteiger partial charge in [0, 0.05) is 23.3 Å². The van der Waals surface area contributed by atoms with E-state index in [1.165, 1.54) is 13.8 Å². The Morgan fingerprint density at radius 2 is 1.70 bits per heavy atom. The molecule has 0 saturated heterocycles. The highest BCUT2D eigenvalue weighted by Gasteiger charge is 2.41. The highest BCUT2D eigenvalue weighted by atomic mass is 16.6. The monoisotopic (exact) mass is 382 g/mol. The second-order valence-corrected chi connectivity index (χ2v) is 8.29. The van der Waals surface area contributed by atoms with E-state index in [1.807, 2.05) is 0 Å². The molecule has 10 heteroatoms. The number of hydrogen-bond acceptors (Lipinski definition) is 8. The third-order valence-corrected chi connectivity index (χ3v) is 4.17. The zero-order valence-electron chi connectivity index (χ0n) is 16.7. The number of ether oxygens (including phenoxy) is 1. The third kappa shape index (κ3) is 5.65. The van der Waals surface area contributed by atoms with Crippen LogP contribution in [0.4, 0.5) is 11.4 Å². The van der Waals surface area contributed by atoms with E-state index in [-0.39, 0.29) is 16.7 Å². The first-order valence-electron chi connectivity index (χ1n) is 8.35. The van der Waals surface area contributed by atoms with Gasteiger partial charge in [-0.15, -0.1) is 0 Å². The Bertz CT molecular complexity index is 736. The Labute approximate surface area is 158 Å². The maximum Gasteiger partial charge on any atom is 0.494 e. The van der Waals surface area contributed by atoms with Crippen LogP contribution in [-0.2, 0) is 9.39 Å². The smallest absolute Gasteiger partial charge is 0.456 e. The average molecular weight is 382 g/mol. The number of non-ortho nitro benzene ring substituents is 1. The second-order valence-electron chi connectivity index (χ2n) is 8.29. The SMILES string of the molecule is CC(C)(C)OC(=O)c1cc([N+](=O)[O-])cc(B(O)OC(C)(C)C(C)(C)O)c1N. The van der Waals surface area contributed by atoms with Crippen molar-refractivity contribution in [3.8, 4) is 0 Å². The summed E-state index contributed by atoms with van der Waals surface area (Å²) in [5, 5.41) is 31.9. The van der Waals surface area contributed by atoms with Crippen molar-refractivity contribution in [3.05, 3.63) is 27.8 Å². The van der Waals surface area contributed by atoms with Crippen LogP contribution in [-0.4, -0.2) is 44.9 Å². The molecule has 0 fully saturated rings. The highest BCUT2D eigenvalue weighted by molar-refractivity contribution is 6.62. The molecular weight excluding hydrogens is 355 g/mol. The summed E-state index contributed by atoms with van der Waals surface area (Å²) in [4.78, 5) is 22.9. The van der Waals surface area contributed by atoms with Gasteiger partial charge in [-0.3, -0.25) is 10.1 Å². The van der Waals surface area contributed by atoms with Gasteiger partial charge in [-0.25, -0.2) is 4.79 Å². The second kappa shape index (κ2) is 7.45. The molecule has 0 aromatic heterocycles. The van der Waals surface area contributed by atoms with Crippen LogP contribution in [0.5, 0.6) is 0 Å². The molecule has 150 valence electrons. The molecule has 1 aromatic carbocycles. The molecule has 9 nitrogen and oxygen atoms in total. The van der Waals surface area contributed by atoms with E-state index in [1.54, 1.807) is 34.6 Å². The fourth-order valence-electron chi connectivity index (χ4n) is 1.96. The van der Waals surface area contributed by atoms with Crippen LogP contribution in [0.1, 0.15) is 58.8 Å². The maximum atomic E-state index is 12.4. The zero-order valence-corrected chi connectivity index (χ0v) is 16.7. The van der Waals surface area contributed by atoms with Crippen molar-refractivity contribution in [2.75, 3.05) is 5.73 Å². The van der Waals surface area contributed by atoms with Crippen molar-refractivity contribution in [1.29, 1.82) is 0 Å². The maximum absolute atomic E-state index is 12.4. The summed E-state index contributed by atoms with van der Waals surface area (Å²) in [6.07, 6.45) is 0. The average Bonchev–Trinajstić information content (AvgIpc) is 2.43. The number of benzene rings is 1. The summed E-state index contributed by atoms with van der Waals surface area (Å²) < 4.78 is 10.7. The van der Waals surface area contributed by atoms with Crippen molar-refractivity contribution < 1.29 is 29.2 Å². The van der Waals surface area contributed by atoms with E-state index >= 15 is 0 Å². The molecule has 0 aliphatic heterocycles. The molecule has 0 saturated carbocycles. The van der Waals surface area contributed by atoms with Crippen molar-refractivity contribution in [2.24, 2.45) is 0 Å². The van der Waals surface area contributed by atoms with Crippen LogP contribution in [0.2, 0.25) is 0 Å². The number of nitro groups is 1. The van der Waals surface area contributed by atoms with Gasteiger partial charge in [0.25, 0.3) is 5.69 Å². The Morgan fingerprint density at radius 1 is 1.19 bits per heavy atom. The largest absolute Gasteiger partial charge is 0.494 e. The standard InChI is InChI=1S/C17H27BN2O7/c1-15(2,3)26-14(21)11-8-10(20(24)25)9-12(13(11)19)18(23)27-17(6,7)16(4,5)22/h8-9,22-23H,19H2,1-7H3. The molecular formula is C17H27BN2O7. The molecule has 0 amide bonds. The first kappa shape index (κ1) is 22.9. The Morgan fingerprint density at radius 3 is 2.11 bits per heavy atom. The normalized spacial score (nSPS) is 12.6. The Hall–Kier alpha value is -2.17. The number of nitrogens with two attached hydrogens (primary N) is 1. The summed E-state index contributed by atoms with van der Waals surface area (Å²) in [6.45, 7) is 11.0. The topological polar surface area (TPSA) is 145 Å². The van der Waals surface area contributed by atoms with Gasteiger partial charge in [-0.05, 0) is 48.5 Å². The lowest BCUT2D eigenvalue weighted by Gasteiger charge is -2.38. The van der Waals surface area contributed by atoms with Crippen molar-refractivity contribution >= 4 is 29.9 Å². The number of nitrogens with zero attached hydrogens (tertiary/aromatic N) is 1. The van der Waals surface area contributed by atoms with Crippen LogP contribution in [0, 0.1) is 10.1 Å². The van der Waals surface area contributed by atoms with E-state index in [0.717, 1.165) is 12.1 Å². The van der Waals surface area contributed by atoms with Crippen molar-refractivity contribution in [1.82, 2.24) is 0 Å². The number of carbonyl (C=O) groups is 1. The van der Waals surface area contributed by atoms with Gasteiger partial charge in [-0.2, -0.15) is 0 Å². The van der Waals surface area contributed by atoms with Crippen LogP contribution in [0.25, 0.3) is 0 Å². The van der Waals surface area contributed by atoms with Crippen LogP contribution in [0.15, 0.2) is 12.1 Å². The number of nitro benzene ring substituents is 1. The molecule has 0 atom stereocenters.